The van der Waals surface area contributed by atoms with E-state index in [2.05, 4.69) is 79.8 Å². The van der Waals surface area contributed by atoms with Crippen molar-refractivity contribution in [3.8, 4) is 5.69 Å². The first-order chi connectivity index (χ1) is 8.56. The van der Waals surface area contributed by atoms with E-state index in [9.17, 15) is 0 Å². The molecular weight excluding hydrogens is 220 g/mol. The fourth-order valence-electron chi connectivity index (χ4n) is 2.11. The Balaban J connectivity index is 2.18. The maximum atomic E-state index is 2.24. The molecule has 0 saturated heterocycles. The maximum absolute atomic E-state index is 2.24. The van der Waals surface area contributed by atoms with Gasteiger partial charge in [-0.05, 0) is 29.5 Å². The zero-order valence-corrected chi connectivity index (χ0v) is 11.8. The van der Waals surface area contributed by atoms with E-state index in [1.54, 1.807) is 0 Å². The number of hydrogen-bond acceptors (Lipinski definition) is 0. The lowest BCUT2D eigenvalue weighted by molar-refractivity contribution is -0.701. The second-order valence-corrected chi connectivity index (χ2v) is 5.66. The van der Waals surface area contributed by atoms with Crippen molar-refractivity contribution in [2.24, 2.45) is 5.92 Å². The predicted molar refractivity (Wildman–Crippen MR) is 74.9 cm³/mol. The maximum Gasteiger partial charge on any atom is 0.248 e. The van der Waals surface area contributed by atoms with Gasteiger partial charge in [0.05, 0.1) is 6.54 Å². The summed E-state index contributed by atoms with van der Waals surface area (Å²) < 4.78 is 4.41. The molecule has 0 aliphatic rings. The highest BCUT2D eigenvalue weighted by Crippen LogP contribution is 2.16. The largest absolute Gasteiger partial charge is 0.248 e. The fourth-order valence-corrected chi connectivity index (χ4v) is 2.11. The number of aromatic nitrogens is 2. The molecule has 18 heavy (non-hydrogen) atoms. The van der Waals surface area contributed by atoms with Gasteiger partial charge in [-0.15, -0.1) is 0 Å². The van der Waals surface area contributed by atoms with E-state index in [0.29, 0.717) is 11.8 Å². The Bertz CT molecular complexity index is 492. The van der Waals surface area contributed by atoms with E-state index >= 15 is 0 Å². The molecule has 0 fully saturated rings. The lowest BCUT2D eigenvalue weighted by Gasteiger charge is -2.04. The molecule has 1 heterocycles. The van der Waals surface area contributed by atoms with Crippen molar-refractivity contribution in [3.63, 3.8) is 0 Å². The SMILES string of the molecule is CC(C)C[n+]1ccn(-c2ccc(C(C)C)cc2)c1. The fraction of sp³-hybridized carbons (Fsp3) is 0.438. The van der Waals surface area contributed by atoms with Crippen LogP contribution in [0.2, 0.25) is 0 Å². The number of imidazole rings is 1. The average molecular weight is 243 g/mol. The summed E-state index contributed by atoms with van der Waals surface area (Å²) in [4.78, 5) is 0. The Kier molecular flexibility index (Phi) is 3.85. The summed E-state index contributed by atoms with van der Waals surface area (Å²) in [6, 6.07) is 8.81. The van der Waals surface area contributed by atoms with E-state index in [1.165, 1.54) is 11.3 Å². The highest BCUT2D eigenvalue weighted by molar-refractivity contribution is 5.35. The predicted octanol–water partition coefficient (Wildman–Crippen LogP) is 3.54. The summed E-state index contributed by atoms with van der Waals surface area (Å²) in [5, 5.41) is 0. The quantitative estimate of drug-likeness (QED) is 0.726. The smallest absolute Gasteiger partial charge is 0.236 e. The summed E-state index contributed by atoms with van der Waals surface area (Å²) in [6.45, 7) is 9.99. The summed E-state index contributed by atoms with van der Waals surface area (Å²) in [5.41, 5.74) is 2.61. The van der Waals surface area contributed by atoms with E-state index in [4.69, 9.17) is 0 Å². The van der Waals surface area contributed by atoms with E-state index in [0.717, 1.165) is 6.54 Å². The van der Waals surface area contributed by atoms with Crippen molar-refractivity contribution in [3.05, 3.63) is 48.5 Å². The molecule has 2 rings (SSSR count). The minimum Gasteiger partial charge on any atom is -0.236 e. The van der Waals surface area contributed by atoms with Gasteiger partial charge in [0.1, 0.15) is 18.1 Å². The Morgan fingerprint density at radius 3 is 2.28 bits per heavy atom. The number of benzene rings is 1. The standard InChI is InChI=1S/C16H23N2/c1-13(2)11-17-9-10-18(12-17)16-7-5-15(6-8-16)14(3)4/h5-10,12-14H,11H2,1-4H3/q+1. The van der Waals surface area contributed by atoms with Crippen LogP contribution in [0, 0.1) is 5.92 Å². The molecule has 0 amide bonds. The van der Waals surface area contributed by atoms with Crippen LogP contribution in [0.3, 0.4) is 0 Å². The van der Waals surface area contributed by atoms with Crippen molar-refractivity contribution in [2.75, 3.05) is 0 Å². The van der Waals surface area contributed by atoms with Crippen LogP contribution in [0.5, 0.6) is 0 Å². The summed E-state index contributed by atoms with van der Waals surface area (Å²) in [7, 11) is 0. The second-order valence-electron chi connectivity index (χ2n) is 5.66. The lowest BCUT2D eigenvalue weighted by atomic mass is 10.0. The first-order valence-electron chi connectivity index (χ1n) is 6.73. The Hall–Kier alpha value is -1.57. The van der Waals surface area contributed by atoms with Crippen molar-refractivity contribution in [1.29, 1.82) is 0 Å². The third-order valence-corrected chi connectivity index (χ3v) is 3.13. The molecule has 0 saturated carbocycles. The van der Waals surface area contributed by atoms with Crippen LogP contribution in [0.4, 0.5) is 0 Å². The highest BCUT2D eigenvalue weighted by Gasteiger charge is 2.08. The van der Waals surface area contributed by atoms with Crippen LogP contribution in [0.25, 0.3) is 5.69 Å². The molecule has 0 radical (unpaired) electrons. The normalized spacial score (nSPS) is 11.4. The minimum atomic E-state index is 0.592. The van der Waals surface area contributed by atoms with Crippen LogP contribution in [0.1, 0.15) is 39.2 Å². The Morgan fingerprint density at radius 1 is 1.06 bits per heavy atom. The molecule has 0 bridgehead atoms. The van der Waals surface area contributed by atoms with Crippen LogP contribution >= 0.6 is 0 Å². The summed E-state index contributed by atoms with van der Waals surface area (Å²) >= 11 is 0. The summed E-state index contributed by atoms with van der Waals surface area (Å²) in [6.07, 6.45) is 6.41. The zero-order valence-electron chi connectivity index (χ0n) is 11.8. The molecule has 2 nitrogen and oxygen atoms in total. The van der Waals surface area contributed by atoms with Gasteiger partial charge >= 0.3 is 0 Å². The third kappa shape index (κ3) is 3.00. The van der Waals surface area contributed by atoms with Gasteiger partial charge in [-0.25, -0.2) is 9.13 Å². The van der Waals surface area contributed by atoms with Gasteiger partial charge < -0.3 is 0 Å². The lowest BCUT2D eigenvalue weighted by Crippen LogP contribution is -2.33. The molecule has 0 aliphatic heterocycles. The van der Waals surface area contributed by atoms with E-state index in [1.807, 2.05) is 0 Å². The molecule has 0 unspecified atom stereocenters. The number of nitrogens with zero attached hydrogens (tertiary/aromatic N) is 2. The van der Waals surface area contributed by atoms with E-state index < -0.39 is 0 Å². The first kappa shape index (κ1) is 12.9. The Morgan fingerprint density at radius 2 is 1.72 bits per heavy atom. The van der Waals surface area contributed by atoms with Crippen LogP contribution in [-0.2, 0) is 6.54 Å². The first-order valence-corrected chi connectivity index (χ1v) is 6.73. The van der Waals surface area contributed by atoms with Crippen LogP contribution in [-0.4, -0.2) is 4.57 Å². The zero-order chi connectivity index (χ0) is 13.1. The molecule has 0 aliphatic carbocycles. The van der Waals surface area contributed by atoms with Crippen molar-refractivity contribution < 1.29 is 4.57 Å². The Labute approximate surface area is 110 Å². The number of rotatable bonds is 4. The van der Waals surface area contributed by atoms with Gasteiger partial charge in [-0.1, -0.05) is 39.8 Å². The topological polar surface area (TPSA) is 8.81 Å². The molecule has 0 atom stereocenters. The van der Waals surface area contributed by atoms with Crippen LogP contribution in [0.15, 0.2) is 43.0 Å². The van der Waals surface area contributed by atoms with Gasteiger partial charge in [-0.2, -0.15) is 0 Å². The monoisotopic (exact) mass is 243 g/mol. The van der Waals surface area contributed by atoms with Crippen molar-refractivity contribution in [2.45, 2.75) is 40.2 Å². The van der Waals surface area contributed by atoms with E-state index in [-0.39, 0.29) is 0 Å². The molecule has 96 valence electrons. The van der Waals surface area contributed by atoms with Gasteiger partial charge in [0.25, 0.3) is 0 Å². The van der Waals surface area contributed by atoms with Gasteiger partial charge in [0, 0.05) is 0 Å². The van der Waals surface area contributed by atoms with Gasteiger partial charge in [0.2, 0.25) is 6.33 Å². The van der Waals surface area contributed by atoms with Crippen LogP contribution < -0.4 is 4.57 Å². The molecule has 0 N–H and O–H groups in total. The summed E-state index contributed by atoms with van der Waals surface area (Å²) in [5.74, 6) is 1.27. The minimum absolute atomic E-state index is 0.592. The van der Waals surface area contributed by atoms with Gasteiger partial charge in [0.15, 0.2) is 0 Å². The number of hydrogen-bond donors (Lipinski definition) is 0. The molecule has 2 aromatic rings. The molecule has 2 heteroatoms. The third-order valence-electron chi connectivity index (χ3n) is 3.13. The molecule has 1 aromatic carbocycles. The average Bonchev–Trinajstić information content (AvgIpc) is 2.76. The van der Waals surface area contributed by atoms with Crippen molar-refractivity contribution in [1.82, 2.24) is 4.57 Å². The van der Waals surface area contributed by atoms with Crippen molar-refractivity contribution >= 4 is 0 Å². The molecule has 0 spiro atoms. The molecule has 1 aromatic heterocycles. The highest BCUT2D eigenvalue weighted by atomic mass is 15.1. The van der Waals surface area contributed by atoms with Gasteiger partial charge in [-0.3, -0.25) is 0 Å². The second kappa shape index (κ2) is 5.38. The molecular formula is C16H23N2+.